The average molecular weight is 240 g/mol. The molecule has 96 valence electrons. The van der Waals surface area contributed by atoms with Crippen molar-refractivity contribution in [2.24, 2.45) is 0 Å². The van der Waals surface area contributed by atoms with Crippen LogP contribution in [0.5, 0.6) is 0 Å². The summed E-state index contributed by atoms with van der Waals surface area (Å²) in [6.07, 6.45) is 4.93. The summed E-state index contributed by atoms with van der Waals surface area (Å²) >= 11 is 0. The first-order valence-electron chi connectivity index (χ1n) is 6.44. The Hall–Kier alpha value is -1.10. The van der Waals surface area contributed by atoms with E-state index in [9.17, 15) is 9.59 Å². The molecule has 5 heteroatoms. The first-order chi connectivity index (χ1) is 8.18. The van der Waals surface area contributed by atoms with Crippen molar-refractivity contribution in [2.75, 3.05) is 13.1 Å². The number of hydrogen-bond acceptors (Lipinski definition) is 3. The lowest BCUT2D eigenvalue weighted by Gasteiger charge is -2.30. The zero-order valence-electron chi connectivity index (χ0n) is 10.0. The van der Waals surface area contributed by atoms with E-state index in [-0.39, 0.29) is 24.4 Å². The maximum Gasteiger partial charge on any atom is 0.305 e. The Labute approximate surface area is 101 Å². The topological polar surface area (TPSA) is 69.6 Å². The molecule has 0 aromatic heterocycles. The highest BCUT2D eigenvalue weighted by Gasteiger charge is 2.34. The second kappa shape index (κ2) is 5.49. The molecule has 5 nitrogen and oxygen atoms in total. The number of carboxylic acid groups (broad SMARTS) is 1. The van der Waals surface area contributed by atoms with Crippen LogP contribution in [0, 0.1) is 0 Å². The minimum Gasteiger partial charge on any atom is -0.481 e. The fourth-order valence-electron chi connectivity index (χ4n) is 2.80. The smallest absolute Gasteiger partial charge is 0.305 e. The first kappa shape index (κ1) is 12.4. The van der Waals surface area contributed by atoms with Crippen molar-refractivity contribution in [3.63, 3.8) is 0 Å². The van der Waals surface area contributed by atoms with Gasteiger partial charge in [0, 0.05) is 12.6 Å². The van der Waals surface area contributed by atoms with Gasteiger partial charge in [0.2, 0.25) is 5.91 Å². The van der Waals surface area contributed by atoms with Gasteiger partial charge in [-0.3, -0.25) is 9.59 Å². The third-order valence-corrected chi connectivity index (χ3v) is 3.68. The van der Waals surface area contributed by atoms with Crippen LogP contribution in [0.2, 0.25) is 0 Å². The SMILES string of the molecule is O=C(O)CC1CCCN1C(=O)[C@H]1CCCCN1. The molecule has 0 bridgehead atoms. The average Bonchev–Trinajstić information content (AvgIpc) is 2.76. The monoisotopic (exact) mass is 240 g/mol. The molecule has 17 heavy (non-hydrogen) atoms. The molecule has 2 aliphatic rings. The lowest BCUT2D eigenvalue weighted by Crippen LogP contribution is -2.50. The molecule has 2 rings (SSSR count). The van der Waals surface area contributed by atoms with Crippen molar-refractivity contribution in [2.45, 2.75) is 50.6 Å². The zero-order valence-corrected chi connectivity index (χ0v) is 10.0. The number of nitrogens with one attached hydrogen (secondary N) is 1. The molecule has 0 aromatic rings. The van der Waals surface area contributed by atoms with Crippen LogP contribution in [0.3, 0.4) is 0 Å². The predicted molar refractivity (Wildman–Crippen MR) is 62.6 cm³/mol. The van der Waals surface area contributed by atoms with Gasteiger partial charge in [-0.15, -0.1) is 0 Å². The van der Waals surface area contributed by atoms with Gasteiger partial charge < -0.3 is 15.3 Å². The fraction of sp³-hybridized carbons (Fsp3) is 0.833. The van der Waals surface area contributed by atoms with Gasteiger partial charge in [0.05, 0.1) is 12.5 Å². The van der Waals surface area contributed by atoms with Crippen LogP contribution in [-0.4, -0.2) is 47.1 Å². The van der Waals surface area contributed by atoms with Gasteiger partial charge in [0.1, 0.15) is 0 Å². The van der Waals surface area contributed by atoms with Crippen LogP contribution in [0.4, 0.5) is 0 Å². The maximum absolute atomic E-state index is 12.3. The number of rotatable bonds is 3. The number of carbonyl (C=O) groups excluding carboxylic acids is 1. The standard InChI is InChI=1S/C12H20N2O3/c15-11(16)8-9-4-3-7-14(9)12(17)10-5-1-2-6-13-10/h9-10,13H,1-8H2,(H,15,16)/t9?,10-/m1/s1. The van der Waals surface area contributed by atoms with Gasteiger partial charge in [-0.25, -0.2) is 0 Å². The molecule has 2 aliphatic heterocycles. The minimum atomic E-state index is -0.814. The lowest BCUT2D eigenvalue weighted by molar-refractivity contribution is -0.140. The number of hydrogen-bond donors (Lipinski definition) is 2. The molecule has 1 unspecified atom stereocenters. The molecule has 0 saturated carbocycles. The van der Waals surface area contributed by atoms with Crippen molar-refractivity contribution in [1.29, 1.82) is 0 Å². The molecular weight excluding hydrogens is 220 g/mol. The first-order valence-corrected chi connectivity index (χ1v) is 6.44. The lowest BCUT2D eigenvalue weighted by atomic mass is 10.0. The minimum absolute atomic E-state index is 0.0818. The third-order valence-electron chi connectivity index (χ3n) is 3.68. The van der Waals surface area contributed by atoms with E-state index in [0.717, 1.165) is 45.2 Å². The zero-order chi connectivity index (χ0) is 12.3. The van der Waals surface area contributed by atoms with E-state index in [0.29, 0.717) is 0 Å². The fourth-order valence-corrected chi connectivity index (χ4v) is 2.80. The second-order valence-electron chi connectivity index (χ2n) is 4.93. The van der Waals surface area contributed by atoms with E-state index >= 15 is 0 Å². The highest BCUT2D eigenvalue weighted by Crippen LogP contribution is 2.22. The summed E-state index contributed by atoms with van der Waals surface area (Å²) in [5.41, 5.74) is 0. The van der Waals surface area contributed by atoms with Crippen LogP contribution in [0.1, 0.15) is 38.5 Å². The largest absolute Gasteiger partial charge is 0.481 e. The number of likely N-dealkylation sites (tertiary alicyclic amines) is 1. The summed E-state index contributed by atoms with van der Waals surface area (Å²) in [4.78, 5) is 24.8. The van der Waals surface area contributed by atoms with Gasteiger partial charge in [-0.05, 0) is 32.2 Å². The van der Waals surface area contributed by atoms with Gasteiger partial charge in [0.15, 0.2) is 0 Å². The summed E-state index contributed by atoms with van der Waals surface area (Å²) in [5.74, 6) is -0.709. The Morgan fingerprint density at radius 2 is 2.06 bits per heavy atom. The van der Waals surface area contributed by atoms with E-state index in [1.807, 2.05) is 0 Å². The van der Waals surface area contributed by atoms with E-state index in [1.165, 1.54) is 0 Å². The van der Waals surface area contributed by atoms with E-state index in [2.05, 4.69) is 5.32 Å². The summed E-state index contributed by atoms with van der Waals surface area (Å²) in [6.45, 7) is 1.61. The van der Waals surface area contributed by atoms with E-state index in [1.54, 1.807) is 4.90 Å². The van der Waals surface area contributed by atoms with Crippen molar-refractivity contribution in [1.82, 2.24) is 10.2 Å². The quantitative estimate of drug-likeness (QED) is 0.757. The van der Waals surface area contributed by atoms with E-state index in [4.69, 9.17) is 5.11 Å². The molecule has 0 aromatic carbocycles. The van der Waals surface area contributed by atoms with Gasteiger partial charge in [0.25, 0.3) is 0 Å². The van der Waals surface area contributed by atoms with Gasteiger partial charge in [-0.2, -0.15) is 0 Å². The van der Waals surface area contributed by atoms with Gasteiger partial charge >= 0.3 is 5.97 Å². The van der Waals surface area contributed by atoms with Crippen molar-refractivity contribution < 1.29 is 14.7 Å². The van der Waals surface area contributed by atoms with Gasteiger partial charge in [-0.1, -0.05) is 6.42 Å². The van der Waals surface area contributed by atoms with Crippen molar-refractivity contribution >= 4 is 11.9 Å². The summed E-state index contributed by atoms with van der Waals surface area (Å²) in [6, 6.07) is -0.179. The second-order valence-corrected chi connectivity index (χ2v) is 4.93. The molecule has 0 radical (unpaired) electrons. The molecule has 2 fully saturated rings. The number of aliphatic carboxylic acids is 1. The molecular formula is C12H20N2O3. The normalized spacial score (nSPS) is 29.3. The molecule has 2 saturated heterocycles. The molecule has 2 N–H and O–H groups in total. The Morgan fingerprint density at radius 3 is 2.71 bits per heavy atom. The summed E-state index contributed by atoms with van der Waals surface area (Å²) in [5, 5.41) is 12.1. The summed E-state index contributed by atoms with van der Waals surface area (Å²) in [7, 11) is 0. The predicted octanol–water partition coefficient (Wildman–Crippen LogP) is 0.594. The van der Waals surface area contributed by atoms with Crippen LogP contribution >= 0.6 is 0 Å². The Bertz CT molecular complexity index is 300. The molecule has 0 aliphatic carbocycles. The molecule has 2 heterocycles. The Morgan fingerprint density at radius 1 is 1.24 bits per heavy atom. The number of carbonyl (C=O) groups is 2. The molecule has 0 spiro atoms. The molecule has 2 atom stereocenters. The van der Waals surface area contributed by atoms with Crippen LogP contribution in [-0.2, 0) is 9.59 Å². The van der Waals surface area contributed by atoms with Crippen molar-refractivity contribution in [3.05, 3.63) is 0 Å². The number of amides is 1. The Balaban J connectivity index is 1.94. The number of piperidine rings is 1. The maximum atomic E-state index is 12.3. The van der Waals surface area contributed by atoms with Crippen LogP contribution in [0.25, 0.3) is 0 Å². The third kappa shape index (κ3) is 2.97. The van der Waals surface area contributed by atoms with E-state index < -0.39 is 5.97 Å². The van der Waals surface area contributed by atoms with Crippen molar-refractivity contribution in [3.8, 4) is 0 Å². The number of nitrogens with zero attached hydrogens (tertiary/aromatic N) is 1. The Kier molecular flexibility index (Phi) is 3.99. The van der Waals surface area contributed by atoms with Crippen LogP contribution < -0.4 is 5.32 Å². The number of carboxylic acids is 1. The highest BCUT2D eigenvalue weighted by molar-refractivity contribution is 5.83. The summed E-state index contributed by atoms with van der Waals surface area (Å²) < 4.78 is 0. The van der Waals surface area contributed by atoms with Crippen LogP contribution in [0.15, 0.2) is 0 Å². The molecule has 1 amide bonds. The highest BCUT2D eigenvalue weighted by atomic mass is 16.4.